The molecule has 0 radical (unpaired) electrons. The number of hydrogen-bond acceptors (Lipinski definition) is 3. The summed E-state index contributed by atoms with van der Waals surface area (Å²) in [4.78, 5) is 3.25. The van der Waals surface area contributed by atoms with Gasteiger partial charge in [0.1, 0.15) is 0 Å². The van der Waals surface area contributed by atoms with Gasteiger partial charge in [0.25, 0.3) is 0 Å². The topological polar surface area (TPSA) is 65.2 Å². The number of nitrogens with zero attached hydrogens (tertiary/aromatic N) is 1. The van der Waals surface area contributed by atoms with Crippen molar-refractivity contribution >= 4 is 20.9 Å². The summed E-state index contributed by atoms with van der Waals surface area (Å²) < 4.78 is 24.4. The van der Waals surface area contributed by atoms with E-state index in [1.165, 1.54) is 21.5 Å². The summed E-state index contributed by atoms with van der Waals surface area (Å²) in [5, 5.41) is 4.60. The van der Waals surface area contributed by atoms with Crippen molar-refractivity contribution < 1.29 is 8.42 Å². The second kappa shape index (κ2) is 7.06. The largest absolute Gasteiger partial charge is 0.361 e. The molecule has 0 aliphatic heterocycles. The third-order valence-corrected chi connectivity index (χ3v) is 4.95. The quantitative estimate of drug-likeness (QED) is 0.732. The average Bonchev–Trinajstić information content (AvgIpc) is 2.85. The molecule has 6 heteroatoms. The van der Waals surface area contributed by atoms with Gasteiger partial charge in [-0.25, -0.2) is 12.7 Å². The molecule has 1 aromatic heterocycles. The van der Waals surface area contributed by atoms with Crippen LogP contribution in [-0.4, -0.2) is 43.6 Å². The van der Waals surface area contributed by atoms with Gasteiger partial charge in [0.15, 0.2) is 0 Å². The number of sulfonamides is 1. The number of aromatic nitrogens is 1. The summed E-state index contributed by atoms with van der Waals surface area (Å²) in [5.41, 5.74) is 2.38. The number of rotatable bonds is 8. The molecule has 0 amide bonds. The molecule has 0 aliphatic carbocycles. The molecule has 0 saturated carbocycles. The van der Waals surface area contributed by atoms with Crippen LogP contribution in [0.2, 0.25) is 0 Å². The van der Waals surface area contributed by atoms with Gasteiger partial charge in [-0.3, -0.25) is 0 Å². The van der Waals surface area contributed by atoms with E-state index in [1.807, 2.05) is 25.3 Å². The van der Waals surface area contributed by atoms with Gasteiger partial charge in [0, 0.05) is 36.7 Å². The van der Waals surface area contributed by atoms with Gasteiger partial charge in [-0.1, -0.05) is 25.1 Å². The zero-order valence-electron chi connectivity index (χ0n) is 12.6. The van der Waals surface area contributed by atoms with Crippen molar-refractivity contribution in [1.29, 1.82) is 0 Å². The lowest BCUT2D eigenvalue weighted by molar-refractivity contribution is 0.419. The van der Waals surface area contributed by atoms with E-state index in [4.69, 9.17) is 0 Å². The average molecular weight is 309 g/mol. The van der Waals surface area contributed by atoms with Crippen LogP contribution in [0.1, 0.15) is 18.9 Å². The fourth-order valence-corrected chi connectivity index (χ4v) is 3.37. The van der Waals surface area contributed by atoms with Crippen molar-refractivity contribution in [3.63, 3.8) is 0 Å². The molecule has 1 heterocycles. The summed E-state index contributed by atoms with van der Waals surface area (Å²) in [6.07, 6.45) is 4.09. The molecule has 116 valence electrons. The Labute approximate surface area is 126 Å². The van der Waals surface area contributed by atoms with E-state index in [-0.39, 0.29) is 0 Å². The highest BCUT2D eigenvalue weighted by atomic mass is 32.2. The first-order chi connectivity index (χ1) is 10.0. The summed E-state index contributed by atoms with van der Waals surface area (Å²) in [6, 6.07) is 8.21. The molecule has 0 fully saturated rings. The van der Waals surface area contributed by atoms with Gasteiger partial charge in [0.05, 0.1) is 6.26 Å². The predicted molar refractivity (Wildman–Crippen MR) is 86.7 cm³/mol. The SMILES string of the molecule is CCN(CCCNCc1c[nH]c2ccccc12)S(C)(=O)=O. The number of nitrogens with one attached hydrogen (secondary N) is 2. The molecule has 0 unspecified atom stereocenters. The number of aromatic amines is 1. The summed E-state index contributed by atoms with van der Waals surface area (Å²) >= 11 is 0. The van der Waals surface area contributed by atoms with Crippen molar-refractivity contribution in [2.24, 2.45) is 0 Å². The monoisotopic (exact) mass is 309 g/mol. The van der Waals surface area contributed by atoms with Gasteiger partial charge < -0.3 is 10.3 Å². The lowest BCUT2D eigenvalue weighted by atomic mass is 10.2. The fourth-order valence-electron chi connectivity index (χ4n) is 2.44. The number of para-hydroxylation sites is 1. The lowest BCUT2D eigenvalue weighted by Gasteiger charge is -2.17. The Hall–Kier alpha value is -1.37. The van der Waals surface area contributed by atoms with E-state index >= 15 is 0 Å². The highest BCUT2D eigenvalue weighted by molar-refractivity contribution is 7.88. The van der Waals surface area contributed by atoms with Crippen molar-refractivity contribution in [3.8, 4) is 0 Å². The maximum atomic E-state index is 11.5. The van der Waals surface area contributed by atoms with E-state index < -0.39 is 10.0 Å². The van der Waals surface area contributed by atoms with Crippen LogP contribution in [0.15, 0.2) is 30.5 Å². The van der Waals surface area contributed by atoms with Gasteiger partial charge in [-0.05, 0) is 24.6 Å². The lowest BCUT2D eigenvalue weighted by Crippen LogP contribution is -2.32. The van der Waals surface area contributed by atoms with Gasteiger partial charge in [-0.15, -0.1) is 0 Å². The predicted octanol–water partition coefficient (Wildman–Crippen LogP) is 1.93. The Morgan fingerprint density at radius 1 is 1.29 bits per heavy atom. The zero-order chi connectivity index (χ0) is 15.3. The minimum Gasteiger partial charge on any atom is -0.361 e. The number of H-pyrrole nitrogens is 1. The molecule has 5 nitrogen and oxygen atoms in total. The fraction of sp³-hybridized carbons (Fsp3) is 0.467. The van der Waals surface area contributed by atoms with Crippen LogP contribution in [0, 0.1) is 0 Å². The van der Waals surface area contributed by atoms with Crippen LogP contribution >= 0.6 is 0 Å². The number of hydrogen-bond donors (Lipinski definition) is 2. The van der Waals surface area contributed by atoms with Crippen LogP contribution in [0.4, 0.5) is 0 Å². The molecule has 21 heavy (non-hydrogen) atoms. The summed E-state index contributed by atoms with van der Waals surface area (Å²) in [7, 11) is -3.07. The van der Waals surface area contributed by atoms with Crippen molar-refractivity contribution in [3.05, 3.63) is 36.0 Å². The molecule has 2 N–H and O–H groups in total. The standard InChI is InChI=1S/C15H23N3O2S/c1-3-18(21(2,19)20)10-6-9-16-11-13-12-17-15-8-5-4-7-14(13)15/h4-5,7-8,12,16-17H,3,6,9-11H2,1-2H3. The Morgan fingerprint density at radius 2 is 2.05 bits per heavy atom. The van der Waals surface area contributed by atoms with E-state index in [2.05, 4.69) is 22.4 Å². The Kier molecular flexibility index (Phi) is 5.39. The van der Waals surface area contributed by atoms with Crippen molar-refractivity contribution in [2.75, 3.05) is 25.9 Å². The first-order valence-corrected chi connectivity index (χ1v) is 9.08. The van der Waals surface area contributed by atoms with E-state index in [0.717, 1.165) is 25.0 Å². The second-order valence-corrected chi connectivity index (χ2v) is 7.13. The van der Waals surface area contributed by atoms with Crippen molar-refractivity contribution in [1.82, 2.24) is 14.6 Å². The maximum Gasteiger partial charge on any atom is 0.211 e. The first-order valence-electron chi connectivity index (χ1n) is 7.23. The van der Waals surface area contributed by atoms with Gasteiger partial charge in [0.2, 0.25) is 10.0 Å². The highest BCUT2D eigenvalue weighted by Gasteiger charge is 2.12. The normalized spacial score (nSPS) is 12.3. The molecular weight excluding hydrogens is 286 g/mol. The maximum absolute atomic E-state index is 11.5. The highest BCUT2D eigenvalue weighted by Crippen LogP contribution is 2.17. The van der Waals surface area contributed by atoms with Crippen LogP contribution < -0.4 is 5.32 Å². The first kappa shape index (κ1) is 16.0. The molecule has 0 saturated heterocycles. The number of benzene rings is 1. The third-order valence-electron chi connectivity index (χ3n) is 3.57. The Morgan fingerprint density at radius 3 is 2.76 bits per heavy atom. The van der Waals surface area contributed by atoms with Gasteiger partial charge >= 0.3 is 0 Å². The third kappa shape index (κ3) is 4.30. The molecule has 2 rings (SSSR count). The zero-order valence-corrected chi connectivity index (χ0v) is 13.4. The van der Waals surface area contributed by atoms with Gasteiger partial charge in [-0.2, -0.15) is 0 Å². The van der Waals surface area contributed by atoms with Crippen LogP contribution in [0.5, 0.6) is 0 Å². The van der Waals surface area contributed by atoms with E-state index in [0.29, 0.717) is 13.1 Å². The van der Waals surface area contributed by atoms with E-state index in [9.17, 15) is 8.42 Å². The van der Waals surface area contributed by atoms with Crippen LogP contribution in [0.3, 0.4) is 0 Å². The molecule has 0 bridgehead atoms. The minimum absolute atomic E-state index is 0.529. The Balaban J connectivity index is 1.78. The summed E-state index contributed by atoms with van der Waals surface area (Å²) in [5.74, 6) is 0. The molecular formula is C15H23N3O2S. The molecule has 1 aromatic carbocycles. The molecule has 0 atom stereocenters. The molecule has 0 spiro atoms. The number of fused-ring (bicyclic) bond motifs is 1. The van der Waals surface area contributed by atoms with Crippen LogP contribution in [0.25, 0.3) is 10.9 Å². The summed E-state index contributed by atoms with van der Waals surface area (Å²) in [6.45, 7) is 4.54. The smallest absolute Gasteiger partial charge is 0.211 e. The Bertz CT molecular complexity index is 679. The minimum atomic E-state index is -3.07. The van der Waals surface area contributed by atoms with Crippen molar-refractivity contribution in [2.45, 2.75) is 19.9 Å². The second-order valence-electron chi connectivity index (χ2n) is 5.14. The molecule has 0 aliphatic rings. The van der Waals surface area contributed by atoms with E-state index in [1.54, 1.807) is 0 Å². The molecule has 2 aromatic rings. The van der Waals surface area contributed by atoms with Crippen LogP contribution in [-0.2, 0) is 16.6 Å².